The topological polar surface area (TPSA) is 18.5 Å². The van der Waals surface area contributed by atoms with E-state index in [-0.39, 0.29) is 21.0 Å². The van der Waals surface area contributed by atoms with Crippen molar-refractivity contribution in [2.45, 2.75) is 88.7 Å². The molecule has 0 aromatic rings. The molecule has 0 aliphatic heterocycles. The Labute approximate surface area is 163 Å². The monoisotopic (exact) mass is 522 g/mol. The van der Waals surface area contributed by atoms with Gasteiger partial charge < -0.3 is 8.85 Å². The molecule has 0 radical (unpaired) electrons. The van der Waals surface area contributed by atoms with Gasteiger partial charge in [0.15, 0.2) is 16.6 Å². The minimum Gasteiger partial charge on any atom is -0.416 e. The summed E-state index contributed by atoms with van der Waals surface area (Å²) in [5.41, 5.74) is 0. The fourth-order valence-corrected chi connectivity index (χ4v) is 6.46. The van der Waals surface area contributed by atoms with Gasteiger partial charge in [-0.25, -0.2) is 0 Å². The second-order valence-corrected chi connectivity index (χ2v) is 20.8. The lowest BCUT2D eigenvalue weighted by atomic mass is 10.2. The van der Waals surface area contributed by atoms with Crippen molar-refractivity contribution >= 4 is 55.2 Å². The molecule has 0 heterocycles. The summed E-state index contributed by atoms with van der Waals surface area (Å²) in [6.07, 6.45) is 0.214. The van der Waals surface area contributed by atoms with Gasteiger partial charge in [0.05, 0.1) is 10.9 Å². The highest BCUT2D eigenvalue weighted by Gasteiger charge is 2.41. The first kappa shape index (κ1) is 23.6. The van der Waals surface area contributed by atoms with E-state index in [1.54, 1.807) is 0 Å². The lowest BCUT2D eigenvalue weighted by molar-refractivity contribution is 0.171. The van der Waals surface area contributed by atoms with Crippen molar-refractivity contribution in [3.8, 4) is 0 Å². The Hall–Kier alpha value is 1.56. The van der Waals surface area contributed by atoms with Gasteiger partial charge in [-0.3, -0.25) is 0 Å². The van der Waals surface area contributed by atoms with Crippen LogP contribution in [0.4, 0.5) is 0 Å². The largest absolute Gasteiger partial charge is 0.416 e. The number of hydrogen-bond acceptors (Lipinski definition) is 2. The van der Waals surface area contributed by atoms with E-state index in [1.807, 2.05) is 0 Å². The summed E-state index contributed by atoms with van der Waals surface area (Å²) >= 11 is 6.27. The molecule has 2 nitrogen and oxygen atoms in total. The van der Waals surface area contributed by atoms with Crippen molar-refractivity contribution in [2.75, 3.05) is 11.0 Å². The second-order valence-electron chi connectivity index (χ2n) is 9.16. The maximum absolute atomic E-state index is 6.58. The van der Waals surface area contributed by atoms with Crippen LogP contribution in [0.25, 0.3) is 0 Å². The van der Waals surface area contributed by atoms with Gasteiger partial charge in [-0.2, -0.15) is 0 Å². The summed E-state index contributed by atoms with van der Waals surface area (Å²) in [6.45, 7) is 23.7. The van der Waals surface area contributed by atoms with E-state index in [4.69, 9.17) is 8.85 Å². The van der Waals surface area contributed by atoms with Gasteiger partial charge in [-0.15, -0.1) is 0 Å². The zero-order chi connectivity index (χ0) is 18.0. The summed E-state index contributed by atoms with van der Waals surface area (Å²) in [7, 11) is -3.44. The van der Waals surface area contributed by atoms with Crippen LogP contribution in [0.1, 0.15) is 41.5 Å². The fraction of sp³-hybridized carbons (Fsp3) is 1.00. The summed E-state index contributed by atoms with van der Waals surface area (Å²) in [6, 6.07) is 0. The van der Waals surface area contributed by atoms with E-state index in [0.29, 0.717) is 0 Å². The highest BCUT2D eigenvalue weighted by atomic mass is 127. The van der Waals surface area contributed by atoms with E-state index < -0.39 is 16.6 Å². The lowest BCUT2D eigenvalue weighted by Gasteiger charge is -2.41. The molecule has 6 heteroatoms. The first-order chi connectivity index (χ1) is 9.55. The van der Waals surface area contributed by atoms with Crippen LogP contribution in [0.2, 0.25) is 36.3 Å². The van der Waals surface area contributed by atoms with Gasteiger partial charge in [0.2, 0.25) is 0 Å². The summed E-state index contributed by atoms with van der Waals surface area (Å²) in [5, 5.41) is 0.490. The van der Waals surface area contributed by atoms with Gasteiger partial charge in [0.1, 0.15) is 0 Å². The molecule has 0 saturated heterocycles. The number of hydrogen-bond donors (Lipinski definition) is 0. The zero-order valence-corrected chi connectivity index (χ0v) is 21.9. The molecule has 0 bridgehead atoms. The van der Waals surface area contributed by atoms with Crippen LogP contribution < -0.4 is 0 Å². The molecule has 0 fully saturated rings. The summed E-state index contributed by atoms with van der Waals surface area (Å²) in [5.74, 6) is 0. The number of rotatable bonds is 7. The maximum Gasteiger partial charge on any atom is 0.192 e. The normalized spacial score (nSPS) is 17.5. The predicted octanol–water partition coefficient (Wildman–Crippen LogP) is 6.60. The second kappa shape index (κ2) is 8.30. The van der Waals surface area contributed by atoms with E-state index in [0.717, 1.165) is 11.0 Å². The van der Waals surface area contributed by atoms with Crippen LogP contribution >= 0.6 is 38.5 Å². The number of halogens is 2. The maximum atomic E-state index is 6.58. The molecule has 0 aromatic carbocycles. The molecule has 0 aliphatic rings. The van der Waals surface area contributed by atoms with Crippen LogP contribution in [-0.4, -0.2) is 38.6 Å². The van der Waals surface area contributed by atoms with Crippen molar-refractivity contribution in [3.05, 3.63) is 0 Å². The first-order valence-electron chi connectivity index (χ1n) is 8.07. The van der Waals surface area contributed by atoms with Gasteiger partial charge in [-0.05, 0) is 36.3 Å². The lowest BCUT2D eigenvalue weighted by Crippen LogP contribution is -2.49. The third-order valence-electron chi connectivity index (χ3n) is 5.22. The average molecular weight is 523 g/mol. The molecule has 0 saturated carbocycles. The molecule has 0 spiro atoms. The summed E-state index contributed by atoms with van der Waals surface area (Å²) in [4.78, 5) is 0.257. The third kappa shape index (κ3) is 6.82. The first-order valence-corrected chi connectivity index (χ1v) is 16.3. The molecule has 134 valence electrons. The Morgan fingerprint density at radius 1 is 0.909 bits per heavy atom. The van der Waals surface area contributed by atoms with Crippen LogP contribution in [-0.2, 0) is 8.85 Å². The highest BCUT2D eigenvalue weighted by molar-refractivity contribution is 14.1. The van der Waals surface area contributed by atoms with Crippen molar-refractivity contribution in [2.24, 2.45) is 0 Å². The molecular formula is C16H36BrIO2Si2. The fourth-order valence-electron chi connectivity index (χ4n) is 1.37. The van der Waals surface area contributed by atoms with E-state index in [9.17, 15) is 0 Å². The standard InChI is InChI=1S/C16H36BrIO2Si2/c1-15(2,3)21(7,8)19-12-13(17)14(11-18)20-22(9,10)16(4,5)6/h13-14H,11-12H2,1-10H3. The SMILES string of the molecule is CC(C)(C)[Si](C)(C)OCC(Br)C(CI)O[Si](C)(C)C(C)(C)C. The van der Waals surface area contributed by atoms with Crippen molar-refractivity contribution in [1.82, 2.24) is 0 Å². The molecule has 0 amide bonds. The summed E-state index contributed by atoms with van der Waals surface area (Å²) < 4.78 is 13.9. The van der Waals surface area contributed by atoms with Crippen LogP contribution in [0.3, 0.4) is 0 Å². The molecule has 0 N–H and O–H groups in total. The number of alkyl halides is 2. The molecule has 2 unspecified atom stereocenters. The molecule has 22 heavy (non-hydrogen) atoms. The van der Waals surface area contributed by atoms with Gasteiger partial charge in [0.25, 0.3) is 0 Å². The van der Waals surface area contributed by atoms with Gasteiger partial charge in [0, 0.05) is 11.0 Å². The van der Waals surface area contributed by atoms with Crippen molar-refractivity contribution in [1.29, 1.82) is 0 Å². The van der Waals surface area contributed by atoms with Crippen molar-refractivity contribution < 1.29 is 8.85 Å². The van der Waals surface area contributed by atoms with Crippen LogP contribution in [0, 0.1) is 0 Å². The quantitative estimate of drug-likeness (QED) is 0.213. The van der Waals surface area contributed by atoms with E-state index in [1.165, 1.54) is 0 Å². The van der Waals surface area contributed by atoms with E-state index >= 15 is 0 Å². The average Bonchev–Trinajstić information content (AvgIpc) is 2.30. The molecule has 0 aromatic heterocycles. The van der Waals surface area contributed by atoms with Crippen LogP contribution in [0.5, 0.6) is 0 Å². The predicted molar refractivity (Wildman–Crippen MR) is 117 cm³/mol. The minimum atomic E-state index is -1.74. The molecule has 2 atom stereocenters. The van der Waals surface area contributed by atoms with Crippen LogP contribution in [0.15, 0.2) is 0 Å². The Morgan fingerprint density at radius 3 is 1.64 bits per heavy atom. The minimum absolute atomic E-state index is 0.214. The smallest absolute Gasteiger partial charge is 0.192 e. The third-order valence-corrected chi connectivity index (χ3v) is 15.9. The van der Waals surface area contributed by atoms with Crippen molar-refractivity contribution in [3.63, 3.8) is 0 Å². The molecular weight excluding hydrogens is 487 g/mol. The molecule has 0 rings (SSSR count). The Kier molecular flexibility index (Phi) is 8.89. The Bertz CT molecular complexity index is 349. The van der Waals surface area contributed by atoms with E-state index in [2.05, 4.69) is 106 Å². The molecule has 0 aliphatic carbocycles. The Morgan fingerprint density at radius 2 is 1.32 bits per heavy atom. The zero-order valence-electron chi connectivity index (χ0n) is 16.1. The van der Waals surface area contributed by atoms with Gasteiger partial charge in [-0.1, -0.05) is 80.1 Å². The van der Waals surface area contributed by atoms with Gasteiger partial charge >= 0.3 is 0 Å². The Balaban J connectivity index is 4.79. The highest BCUT2D eigenvalue weighted by Crippen LogP contribution is 2.39.